The van der Waals surface area contributed by atoms with E-state index in [4.69, 9.17) is 0 Å². The van der Waals surface area contributed by atoms with Crippen LogP contribution in [0.3, 0.4) is 0 Å². The van der Waals surface area contributed by atoms with Crippen LogP contribution in [0.2, 0.25) is 0 Å². The summed E-state index contributed by atoms with van der Waals surface area (Å²) < 4.78 is 0. The molecule has 0 aromatic carbocycles. The highest BCUT2D eigenvalue weighted by atomic mass is 15.2. The van der Waals surface area contributed by atoms with Gasteiger partial charge in [-0.2, -0.15) is 0 Å². The first-order valence-corrected chi connectivity index (χ1v) is 6.22. The molecule has 2 rings (SSSR count). The Kier molecular flexibility index (Phi) is 3.13. The van der Waals surface area contributed by atoms with Crippen LogP contribution in [-0.4, -0.2) is 36.1 Å². The molecular weight excluding hydrogens is 172 g/mol. The number of hydrogen-bond donors (Lipinski definition) is 1. The largest absolute Gasteiger partial charge is 0.310 e. The van der Waals surface area contributed by atoms with E-state index in [1.54, 1.807) is 0 Å². The Morgan fingerprint density at radius 2 is 2.21 bits per heavy atom. The zero-order chi connectivity index (χ0) is 10.0. The number of rotatable bonds is 5. The van der Waals surface area contributed by atoms with Crippen molar-refractivity contribution in [3.05, 3.63) is 0 Å². The zero-order valence-electron chi connectivity index (χ0n) is 9.68. The SMILES string of the molecule is CCCN(CC1(C)CCCN1)C1CC1. The summed E-state index contributed by atoms with van der Waals surface area (Å²) in [6, 6.07) is 0.925. The maximum atomic E-state index is 3.66. The van der Waals surface area contributed by atoms with Crippen molar-refractivity contribution < 1.29 is 0 Å². The van der Waals surface area contributed by atoms with Gasteiger partial charge in [0.15, 0.2) is 0 Å². The molecule has 0 amide bonds. The predicted octanol–water partition coefficient (Wildman–Crippen LogP) is 2.00. The third-order valence-electron chi connectivity index (χ3n) is 3.58. The van der Waals surface area contributed by atoms with Crippen molar-refractivity contribution in [2.45, 2.75) is 57.5 Å². The molecule has 0 spiro atoms. The molecule has 1 aliphatic carbocycles. The lowest BCUT2D eigenvalue weighted by Gasteiger charge is -2.32. The first-order valence-electron chi connectivity index (χ1n) is 6.22. The van der Waals surface area contributed by atoms with E-state index < -0.39 is 0 Å². The second-order valence-electron chi connectivity index (χ2n) is 5.29. The van der Waals surface area contributed by atoms with E-state index in [0.717, 1.165) is 6.04 Å². The molecule has 2 nitrogen and oxygen atoms in total. The number of hydrogen-bond acceptors (Lipinski definition) is 2. The fourth-order valence-electron chi connectivity index (χ4n) is 2.66. The lowest BCUT2D eigenvalue weighted by molar-refractivity contribution is 0.195. The summed E-state index contributed by atoms with van der Waals surface area (Å²) in [5.41, 5.74) is 0.414. The molecule has 82 valence electrons. The lowest BCUT2D eigenvalue weighted by Crippen LogP contribution is -2.48. The van der Waals surface area contributed by atoms with Crippen LogP contribution < -0.4 is 5.32 Å². The van der Waals surface area contributed by atoms with Gasteiger partial charge in [-0.1, -0.05) is 6.92 Å². The second kappa shape index (κ2) is 4.19. The molecule has 14 heavy (non-hydrogen) atoms. The van der Waals surface area contributed by atoms with Crippen molar-refractivity contribution in [1.82, 2.24) is 10.2 Å². The summed E-state index contributed by atoms with van der Waals surface area (Å²) >= 11 is 0. The maximum absolute atomic E-state index is 3.66. The van der Waals surface area contributed by atoms with Gasteiger partial charge in [0.1, 0.15) is 0 Å². The fourth-order valence-corrected chi connectivity index (χ4v) is 2.66. The molecule has 0 bridgehead atoms. The van der Waals surface area contributed by atoms with E-state index in [2.05, 4.69) is 24.1 Å². The van der Waals surface area contributed by atoms with Crippen molar-refractivity contribution in [2.24, 2.45) is 0 Å². The third kappa shape index (κ3) is 2.48. The maximum Gasteiger partial charge on any atom is 0.0281 e. The van der Waals surface area contributed by atoms with Crippen LogP contribution in [0, 0.1) is 0 Å². The lowest BCUT2D eigenvalue weighted by atomic mass is 9.99. The van der Waals surface area contributed by atoms with Crippen molar-refractivity contribution in [3.8, 4) is 0 Å². The van der Waals surface area contributed by atoms with Gasteiger partial charge < -0.3 is 5.32 Å². The summed E-state index contributed by atoms with van der Waals surface area (Å²) in [6.45, 7) is 8.47. The van der Waals surface area contributed by atoms with Crippen molar-refractivity contribution in [2.75, 3.05) is 19.6 Å². The molecule has 0 radical (unpaired) electrons. The molecular formula is C12H24N2. The zero-order valence-corrected chi connectivity index (χ0v) is 9.68. The van der Waals surface area contributed by atoms with Crippen LogP contribution in [0.15, 0.2) is 0 Å². The average molecular weight is 196 g/mol. The smallest absolute Gasteiger partial charge is 0.0281 e. The monoisotopic (exact) mass is 196 g/mol. The van der Waals surface area contributed by atoms with Crippen LogP contribution in [0.25, 0.3) is 0 Å². The summed E-state index contributed by atoms with van der Waals surface area (Å²) in [5.74, 6) is 0. The van der Waals surface area contributed by atoms with Gasteiger partial charge in [-0.15, -0.1) is 0 Å². The Hall–Kier alpha value is -0.0800. The number of nitrogens with one attached hydrogen (secondary N) is 1. The first-order chi connectivity index (χ1) is 6.73. The van der Waals surface area contributed by atoms with Crippen LogP contribution in [-0.2, 0) is 0 Å². The Bertz CT molecular complexity index is 181. The van der Waals surface area contributed by atoms with Crippen LogP contribution >= 0.6 is 0 Å². The van der Waals surface area contributed by atoms with Gasteiger partial charge in [0.05, 0.1) is 0 Å². The summed E-state index contributed by atoms with van der Waals surface area (Å²) in [5, 5.41) is 3.66. The van der Waals surface area contributed by atoms with Gasteiger partial charge in [-0.05, 0) is 52.1 Å². The van der Waals surface area contributed by atoms with Crippen molar-refractivity contribution in [3.63, 3.8) is 0 Å². The van der Waals surface area contributed by atoms with E-state index in [1.807, 2.05) is 0 Å². The van der Waals surface area contributed by atoms with Gasteiger partial charge in [0.25, 0.3) is 0 Å². The van der Waals surface area contributed by atoms with Crippen LogP contribution in [0.5, 0.6) is 0 Å². The molecule has 2 aliphatic rings. The van der Waals surface area contributed by atoms with E-state index in [-0.39, 0.29) is 0 Å². The molecule has 1 atom stereocenters. The molecule has 1 heterocycles. The Labute approximate surface area is 88.1 Å². The quantitative estimate of drug-likeness (QED) is 0.723. The van der Waals surface area contributed by atoms with E-state index in [1.165, 1.54) is 51.7 Å². The fraction of sp³-hybridized carbons (Fsp3) is 1.00. The van der Waals surface area contributed by atoms with Crippen molar-refractivity contribution in [1.29, 1.82) is 0 Å². The second-order valence-corrected chi connectivity index (χ2v) is 5.29. The minimum absolute atomic E-state index is 0.414. The van der Waals surface area contributed by atoms with Gasteiger partial charge >= 0.3 is 0 Å². The van der Waals surface area contributed by atoms with Gasteiger partial charge in [-0.3, -0.25) is 4.90 Å². The molecule has 1 N–H and O–H groups in total. The summed E-state index contributed by atoms with van der Waals surface area (Å²) in [6.07, 6.45) is 6.90. The minimum Gasteiger partial charge on any atom is -0.310 e. The van der Waals surface area contributed by atoms with E-state index in [9.17, 15) is 0 Å². The highest BCUT2D eigenvalue weighted by Gasteiger charge is 2.35. The van der Waals surface area contributed by atoms with Gasteiger partial charge in [0, 0.05) is 18.1 Å². The van der Waals surface area contributed by atoms with Gasteiger partial charge in [-0.25, -0.2) is 0 Å². The van der Waals surface area contributed by atoms with Crippen LogP contribution in [0.4, 0.5) is 0 Å². The normalized spacial score (nSPS) is 32.8. The molecule has 2 heteroatoms. The van der Waals surface area contributed by atoms with E-state index >= 15 is 0 Å². The van der Waals surface area contributed by atoms with Crippen molar-refractivity contribution >= 4 is 0 Å². The molecule has 2 fully saturated rings. The molecule has 1 unspecified atom stereocenters. The van der Waals surface area contributed by atoms with Crippen LogP contribution in [0.1, 0.15) is 46.0 Å². The first kappa shape index (κ1) is 10.4. The Morgan fingerprint density at radius 3 is 2.71 bits per heavy atom. The van der Waals surface area contributed by atoms with E-state index in [0.29, 0.717) is 5.54 Å². The molecule has 0 aromatic heterocycles. The Balaban J connectivity index is 1.85. The topological polar surface area (TPSA) is 15.3 Å². The summed E-state index contributed by atoms with van der Waals surface area (Å²) in [4.78, 5) is 2.71. The standard InChI is InChI=1S/C12H24N2/c1-3-9-14(11-5-6-11)10-12(2)7-4-8-13-12/h11,13H,3-10H2,1-2H3. The predicted molar refractivity (Wildman–Crippen MR) is 60.5 cm³/mol. The summed E-state index contributed by atoms with van der Waals surface area (Å²) in [7, 11) is 0. The third-order valence-corrected chi connectivity index (χ3v) is 3.58. The average Bonchev–Trinajstić information content (AvgIpc) is 2.91. The molecule has 1 saturated carbocycles. The Morgan fingerprint density at radius 1 is 1.43 bits per heavy atom. The highest BCUT2D eigenvalue weighted by Crippen LogP contribution is 2.30. The molecule has 0 aromatic rings. The molecule has 1 saturated heterocycles. The minimum atomic E-state index is 0.414. The molecule has 1 aliphatic heterocycles. The van der Waals surface area contributed by atoms with Gasteiger partial charge in [0.2, 0.25) is 0 Å². The highest BCUT2D eigenvalue weighted by molar-refractivity contribution is 4.95. The number of nitrogens with zero attached hydrogens (tertiary/aromatic N) is 1.